The molecule has 0 aliphatic carbocycles. The Morgan fingerprint density at radius 2 is 1.95 bits per heavy atom. The molecule has 4 heteroatoms. The van der Waals surface area contributed by atoms with Crippen molar-refractivity contribution < 1.29 is 13.9 Å². The molecule has 0 aromatic heterocycles. The van der Waals surface area contributed by atoms with Crippen LogP contribution in [0, 0.1) is 12.7 Å². The number of thioether (sulfide) groups is 1. The van der Waals surface area contributed by atoms with Crippen molar-refractivity contribution in [3.63, 3.8) is 0 Å². The molecule has 0 saturated heterocycles. The molecule has 0 saturated carbocycles. The predicted molar refractivity (Wildman–Crippen MR) is 82.9 cm³/mol. The van der Waals surface area contributed by atoms with Gasteiger partial charge in [0.25, 0.3) is 0 Å². The maximum atomic E-state index is 13.6. The molecule has 0 amide bonds. The van der Waals surface area contributed by atoms with Crippen molar-refractivity contribution in [1.82, 2.24) is 0 Å². The Morgan fingerprint density at radius 1 is 1.14 bits per heavy atom. The lowest BCUT2D eigenvalue weighted by atomic mass is 10.1. The molecule has 2 aromatic rings. The van der Waals surface area contributed by atoms with Gasteiger partial charge in [0.15, 0.2) is 6.79 Å². The molecule has 1 heterocycles. The van der Waals surface area contributed by atoms with Crippen LogP contribution < -0.4 is 4.74 Å². The molecule has 0 N–H and O–H groups in total. The third-order valence-electron chi connectivity index (χ3n) is 3.53. The highest BCUT2D eigenvalue weighted by Gasteiger charge is 2.16. The first kappa shape index (κ1) is 14.4. The Kier molecular flexibility index (Phi) is 4.46. The fourth-order valence-corrected chi connectivity index (χ4v) is 3.49. The summed E-state index contributed by atoms with van der Waals surface area (Å²) in [6.45, 7) is 2.77. The van der Waals surface area contributed by atoms with E-state index >= 15 is 0 Å². The number of ether oxygens (including phenoxy) is 2. The van der Waals surface area contributed by atoms with Crippen molar-refractivity contribution in [2.75, 3.05) is 6.79 Å². The Morgan fingerprint density at radius 3 is 2.81 bits per heavy atom. The van der Waals surface area contributed by atoms with Gasteiger partial charge in [-0.05, 0) is 30.2 Å². The molecule has 1 aliphatic rings. The minimum absolute atomic E-state index is 0.227. The van der Waals surface area contributed by atoms with Gasteiger partial charge in [0.05, 0.1) is 6.61 Å². The highest BCUT2D eigenvalue weighted by Crippen LogP contribution is 2.32. The normalized spacial score (nSPS) is 13.6. The molecule has 0 atom stereocenters. The van der Waals surface area contributed by atoms with Crippen molar-refractivity contribution >= 4 is 11.8 Å². The van der Waals surface area contributed by atoms with E-state index in [1.807, 2.05) is 12.1 Å². The zero-order valence-electron chi connectivity index (χ0n) is 11.9. The van der Waals surface area contributed by atoms with Gasteiger partial charge in [0, 0.05) is 22.6 Å². The van der Waals surface area contributed by atoms with Gasteiger partial charge >= 0.3 is 0 Å². The van der Waals surface area contributed by atoms with E-state index in [4.69, 9.17) is 9.47 Å². The van der Waals surface area contributed by atoms with Crippen molar-refractivity contribution in [2.24, 2.45) is 0 Å². The van der Waals surface area contributed by atoms with E-state index in [0.717, 1.165) is 28.4 Å². The second-order valence-corrected chi connectivity index (χ2v) is 6.07. The van der Waals surface area contributed by atoms with Gasteiger partial charge in [-0.1, -0.05) is 24.3 Å². The minimum Gasteiger partial charge on any atom is -0.467 e. The molecule has 21 heavy (non-hydrogen) atoms. The Hall–Kier alpha value is -1.52. The molecule has 0 fully saturated rings. The van der Waals surface area contributed by atoms with Crippen molar-refractivity contribution in [3.8, 4) is 5.75 Å². The summed E-state index contributed by atoms with van der Waals surface area (Å²) in [6, 6.07) is 11.4. The van der Waals surface area contributed by atoms with Crippen LogP contribution in [0.15, 0.2) is 36.4 Å². The molecule has 0 radical (unpaired) electrons. The van der Waals surface area contributed by atoms with Crippen molar-refractivity contribution in [1.29, 1.82) is 0 Å². The maximum absolute atomic E-state index is 13.6. The van der Waals surface area contributed by atoms with Gasteiger partial charge in [-0.2, -0.15) is 11.8 Å². The Bertz CT molecular complexity index is 643. The van der Waals surface area contributed by atoms with Crippen LogP contribution in [0.2, 0.25) is 0 Å². The lowest BCUT2D eigenvalue weighted by Gasteiger charge is -2.20. The second-order valence-electron chi connectivity index (χ2n) is 5.08. The predicted octanol–water partition coefficient (Wildman–Crippen LogP) is 4.43. The first-order chi connectivity index (χ1) is 10.2. The van der Waals surface area contributed by atoms with Crippen molar-refractivity contribution in [3.05, 3.63) is 64.5 Å². The number of benzene rings is 2. The average Bonchev–Trinajstić information content (AvgIpc) is 2.49. The summed E-state index contributed by atoms with van der Waals surface area (Å²) in [4.78, 5) is 0. The number of hydrogen-bond donors (Lipinski definition) is 0. The molecule has 110 valence electrons. The van der Waals surface area contributed by atoms with E-state index in [9.17, 15) is 4.39 Å². The maximum Gasteiger partial charge on any atom is 0.189 e. The van der Waals surface area contributed by atoms with Crippen LogP contribution in [0.1, 0.15) is 22.3 Å². The molecule has 2 aromatic carbocycles. The Labute approximate surface area is 128 Å². The van der Waals surface area contributed by atoms with E-state index in [1.54, 1.807) is 17.8 Å². The molecular formula is C17H17FO2S. The summed E-state index contributed by atoms with van der Waals surface area (Å²) in [5, 5.41) is 0. The SMILES string of the molecule is Cc1ccccc1CSCc1cc(F)cc2c1OCOC2. The Balaban J connectivity index is 1.71. The van der Waals surface area contributed by atoms with Crippen LogP contribution in [-0.2, 0) is 22.8 Å². The molecular weight excluding hydrogens is 287 g/mol. The van der Waals surface area contributed by atoms with Crippen molar-refractivity contribution in [2.45, 2.75) is 25.0 Å². The topological polar surface area (TPSA) is 18.5 Å². The highest BCUT2D eigenvalue weighted by atomic mass is 32.2. The van der Waals surface area contributed by atoms with Crippen LogP contribution in [0.5, 0.6) is 5.75 Å². The van der Waals surface area contributed by atoms with Gasteiger partial charge in [0.2, 0.25) is 0 Å². The third-order valence-corrected chi connectivity index (χ3v) is 4.56. The zero-order valence-corrected chi connectivity index (χ0v) is 12.7. The summed E-state index contributed by atoms with van der Waals surface area (Å²) in [7, 11) is 0. The molecule has 0 spiro atoms. The standard InChI is InChI=1S/C17H17FO2S/c1-12-4-2-3-5-13(12)9-21-10-15-7-16(18)6-14-8-19-11-20-17(14)15/h2-7H,8-11H2,1H3. The zero-order chi connectivity index (χ0) is 14.7. The molecule has 3 rings (SSSR count). The number of halogens is 1. The van der Waals surface area contributed by atoms with E-state index < -0.39 is 0 Å². The van der Waals surface area contributed by atoms with Gasteiger partial charge < -0.3 is 9.47 Å². The first-order valence-corrected chi connectivity index (χ1v) is 8.03. The second kappa shape index (κ2) is 6.50. The van der Waals surface area contributed by atoms with Gasteiger partial charge in [0.1, 0.15) is 11.6 Å². The highest BCUT2D eigenvalue weighted by molar-refractivity contribution is 7.97. The fraction of sp³-hybridized carbons (Fsp3) is 0.294. The van der Waals surface area contributed by atoms with E-state index in [-0.39, 0.29) is 12.6 Å². The van der Waals surface area contributed by atoms with E-state index in [1.165, 1.54) is 17.2 Å². The van der Waals surface area contributed by atoms with E-state index in [0.29, 0.717) is 6.61 Å². The summed E-state index contributed by atoms with van der Waals surface area (Å²) in [5.41, 5.74) is 4.31. The molecule has 1 aliphatic heterocycles. The average molecular weight is 304 g/mol. The summed E-state index contributed by atoms with van der Waals surface area (Å²) < 4.78 is 24.4. The minimum atomic E-state index is -0.227. The van der Waals surface area contributed by atoms with Crippen LogP contribution in [0.4, 0.5) is 4.39 Å². The van der Waals surface area contributed by atoms with Gasteiger partial charge in [-0.15, -0.1) is 0 Å². The molecule has 0 bridgehead atoms. The number of hydrogen-bond acceptors (Lipinski definition) is 3. The number of aryl methyl sites for hydroxylation is 1. The van der Waals surface area contributed by atoms with Crippen LogP contribution in [0.25, 0.3) is 0 Å². The number of rotatable bonds is 4. The lowest BCUT2D eigenvalue weighted by molar-refractivity contribution is -0.0171. The van der Waals surface area contributed by atoms with Gasteiger partial charge in [-0.25, -0.2) is 4.39 Å². The van der Waals surface area contributed by atoms with Crippen LogP contribution >= 0.6 is 11.8 Å². The quantitative estimate of drug-likeness (QED) is 0.832. The smallest absolute Gasteiger partial charge is 0.189 e. The molecule has 0 unspecified atom stereocenters. The largest absolute Gasteiger partial charge is 0.467 e. The third kappa shape index (κ3) is 3.39. The molecule has 2 nitrogen and oxygen atoms in total. The lowest BCUT2D eigenvalue weighted by Crippen LogP contribution is -2.13. The van der Waals surface area contributed by atoms with E-state index in [2.05, 4.69) is 19.1 Å². The van der Waals surface area contributed by atoms with Gasteiger partial charge in [-0.3, -0.25) is 0 Å². The first-order valence-electron chi connectivity index (χ1n) is 6.88. The van der Waals surface area contributed by atoms with Crippen LogP contribution in [0.3, 0.4) is 0 Å². The fourth-order valence-electron chi connectivity index (χ4n) is 2.41. The summed E-state index contributed by atoms with van der Waals surface area (Å²) in [5.74, 6) is 2.21. The monoisotopic (exact) mass is 304 g/mol. The number of fused-ring (bicyclic) bond motifs is 1. The summed E-state index contributed by atoms with van der Waals surface area (Å²) in [6.07, 6.45) is 0. The summed E-state index contributed by atoms with van der Waals surface area (Å²) >= 11 is 1.77. The van der Waals surface area contributed by atoms with Crippen LogP contribution in [-0.4, -0.2) is 6.79 Å².